The van der Waals surface area contributed by atoms with Crippen molar-refractivity contribution in [3.63, 3.8) is 0 Å². The Morgan fingerprint density at radius 2 is 1.65 bits per heavy atom. The van der Waals surface area contributed by atoms with Gasteiger partial charge < -0.3 is 15.0 Å². The van der Waals surface area contributed by atoms with Gasteiger partial charge in [0.15, 0.2) is 0 Å². The van der Waals surface area contributed by atoms with Crippen LogP contribution in [0.25, 0.3) is 0 Å². The predicted octanol–water partition coefficient (Wildman–Crippen LogP) is 4.15. The van der Waals surface area contributed by atoms with E-state index in [2.05, 4.69) is 10.3 Å². The molecule has 1 aliphatic heterocycles. The number of aryl methyl sites for hydroxylation is 1. The molecule has 0 spiro atoms. The monoisotopic (exact) mass is 457 g/mol. The van der Waals surface area contributed by atoms with Crippen LogP contribution < -0.4 is 10.1 Å². The normalized spacial score (nSPS) is 13.9. The van der Waals surface area contributed by atoms with Gasteiger partial charge in [0.1, 0.15) is 12.4 Å². The molecule has 0 radical (unpaired) electrons. The number of benzene rings is 2. The number of hydrogen-bond acceptors (Lipinski definition) is 4. The van der Waals surface area contributed by atoms with Gasteiger partial charge in [-0.25, -0.2) is 0 Å². The first kappa shape index (κ1) is 23.5. The zero-order valence-corrected chi connectivity index (χ0v) is 19.4. The highest BCUT2D eigenvalue weighted by molar-refractivity contribution is 5.80. The van der Waals surface area contributed by atoms with Crippen LogP contribution in [0.4, 0.5) is 0 Å². The van der Waals surface area contributed by atoms with Crippen molar-refractivity contribution >= 4 is 11.8 Å². The first-order valence-corrected chi connectivity index (χ1v) is 11.9. The molecule has 0 atom stereocenters. The third kappa shape index (κ3) is 6.91. The topological polar surface area (TPSA) is 71.5 Å². The molecule has 1 N–H and O–H groups in total. The molecule has 0 unspecified atom stereocenters. The fraction of sp³-hybridized carbons (Fsp3) is 0.321. The van der Waals surface area contributed by atoms with E-state index in [1.165, 1.54) is 5.56 Å². The number of pyridine rings is 1. The first-order chi connectivity index (χ1) is 16.7. The van der Waals surface area contributed by atoms with Crippen LogP contribution in [0.15, 0.2) is 79.1 Å². The van der Waals surface area contributed by atoms with Gasteiger partial charge in [-0.15, -0.1) is 0 Å². The number of likely N-dealkylation sites (tertiary alicyclic amines) is 1. The number of piperidine rings is 1. The number of rotatable bonds is 9. The van der Waals surface area contributed by atoms with E-state index in [9.17, 15) is 9.59 Å². The summed E-state index contributed by atoms with van der Waals surface area (Å²) in [6.07, 6.45) is 6.22. The molecule has 3 aromatic rings. The van der Waals surface area contributed by atoms with Crippen molar-refractivity contribution in [3.8, 4) is 5.75 Å². The van der Waals surface area contributed by atoms with Crippen molar-refractivity contribution in [1.82, 2.24) is 15.2 Å². The van der Waals surface area contributed by atoms with E-state index in [-0.39, 0.29) is 17.7 Å². The van der Waals surface area contributed by atoms with Gasteiger partial charge in [0, 0.05) is 49.9 Å². The predicted molar refractivity (Wildman–Crippen MR) is 131 cm³/mol. The van der Waals surface area contributed by atoms with Crippen LogP contribution in [-0.4, -0.2) is 34.8 Å². The fourth-order valence-corrected chi connectivity index (χ4v) is 4.13. The highest BCUT2D eigenvalue weighted by atomic mass is 16.5. The molecule has 1 aromatic heterocycles. The molecule has 2 amide bonds. The molecule has 6 nitrogen and oxygen atoms in total. The van der Waals surface area contributed by atoms with Gasteiger partial charge in [0.05, 0.1) is 0 Å². The number of ether oxygens (including phenoxy) is 1. The van der Waals surface area contributed by atoms with Crippen LogP contribution in [-0.2, 0) is 29.2 Å². The largest absolute Gasteiger partial charge is 0.489 e. The summed E-state index contributed by atoms with van der Waals surface area (Å²) in [4.78, 5) is 31.1. The molecule has 1 saturated heterocycles. The van der Waals surface area contributed by atoms with Crippen molar-refractivity contribution in [2.24, 2.45) is 5.92 Å². The molecule has 0 bridgehead atoms. The summed E-state index contributed by atoms with van der Waals surface area (Å²) in [7, 11) is 0. The van der Waals surface area contributed by atoms with Gasteiger partial charge in [0.25, 0.3) is 0 Å². The van der Waals surface area contributed by atoms with Crippen LogP contribution in [0.3, 0.4) is 0 Å². The molecule has 4 rings (SSSR count). The quantitative estimate of drug-likeness (QED) is 0.524. The fourth-order valence-electron chi connectivity index (χ4n) is 4.13. The minimum atomic E-state index is -0.0414. The Balaban J connectivity index is 1.15. The molecule has 1 fully saturated rings. The van der Waals surface area contributed by atoms with Gasteiger partial charge in [-0.1, -0.05) is 48.5 Å². The first-order valence-electron chi connectivity index (χ1n) is 11.9. The van der Waals surface area contributed by atoms with E-state index >= 15 is 0 Å². The molecule has 34 heavy (non-hydrogen) atoms. The molecule has 2 aromatic carbocycles. The van der Waals surface area contributed by atoms with E-state index in [1.54, 1.807) is 12.4 Å². The third-order valence-electron chi connectivity index (χ3n) is 6.21. The van der Waals surface area contributed by atoms with Gasteiger partial charge >= 0.3 is 0 Å². The Bertz CT molecular complexity index is 1050. The Morgan fingerprint density at radius 1 is 0.912 bits per heavy atom. The minimum Gasteiger partial charge on any atom is -0.489 e. The minimum absolute atomic E-state index is 0.0414. The standard InChI is InChI=1S/C28H31N3O3/c32-27(13-10-22-5-2-1-3-6-22)31-17-14-25(15-18-31)28(33)30-20-23-8-11-26(12-9-23)34-21-24-7-4-16-29-19-24/h1-9,11-12,16,19,25H,10,13-15,17-18,20-21H2,(H,30,33). The number of aromatic nitrogens is 1. The second-order valence-electron chi connectivity index (χ2n) is 8.65. The van der Waals surface area contributed by atoms with E-state index < -0.39 is 0 Å². The summed E-state index contributed by atoms with van der Waals surface area (Å²) in [6.45, 7) is 2.25. The van der Waals surface area contributed by atoms with Crippen LogP contribution in [0.2, 0.25) is 0 Å². The van der Waals surface area contributed by atoms with Gasteiger partial charge in [-0.3, -0.25) is 14.6 Å². The highest BCUT2D eigenvalue weighted by Gasteiger charge is 2.26. The molecular formula is C28H31N3O3. The van der Waals surface area contributed by atoms with Crippen molar-refractivity contribution in [1.29, 1.82) is 0 Å². The Morgan fingerprint density at radius 3 is 2.35 bits per heavy atom. The second-order valence-corrected chi connectivity index (χ2v) is 8.65. The lowest BCUT2D eigenvalue weighted by atomic mass is 9.95. The summed E-state index contributed by atoms with van der Waals surface area (Å²) >= 11 is 0. The van der Waals surface area contributed by atoms with E-state index in [4.69, 9.17) is 4.74 Å². The van der Waals surface area contributed by atoms with Gasteiger partial charge in [0.2, 0.25) is 11.8 Å². The van der Waals surface area contributed by atoms with E-state index in [1.807, 2.05) is 71.6 Å². The van der Waals surface area contributed by atoms with Gasteiger partial charge in [-0.2, -0.15) is 0 Å². The summed E-state index contributed by atoms with van der Waals surface area (Å²) in [6, 6.07) is 21.7. The summed E-state index contributed by atoms with van der Waals surface area (Å²) in [5.41, 5.74) is 3.22. The average molecular weight is 458 g/mol. The van der Waals surface area contributed by atoms with Crippen molar-refractivity contribution in [2.45, 2.75) is 38.8 Å². The number of nitrogens with one attached hydrogen (secondary N) is 1. The maximum atomic E-state index is 12.6. The smallest absolute Gasteiger partial charge is 0.223 e. The molecule has 176 valence electrons. The molecule has 0 saturated carbocycles. The second kappa shape index (κ2) is 12.0. The van der Waals surface area contributed by atoms with Crippen LogP contribution in [0, 0.1) is 5.92 Å². The lowest BCUT2D eigenvalue weighted by Gasteiger charge is -2.31. The zero-order chi connectivity index (χ0) is 23.6. The van der Waals surface area contributed by atoms with Crippen molar-refractivity contribution < 1.29 is 14.3 Å². The molecule has 2 heterocycles. The van der Waals surface area contributed by atoms with Crippen LogP contribution >= 0.6 is 0 Å². The Hall–Kier alpha value is -3.67. The SMILES string of the molecule is O=C(NCc1ccc(OCc2cccnc2)cc1)C1CCN(C(=O)CCc2ccccc2)CC1. The molecule has 6 heteroatoms. The number of hydrogen-bond donors (Lipinski definition) is 1. The third-order valence-corrected chi connectivity index (χ3v) is 6.21. The highest BCUT2D eigenvalue weighted by Crippen LogP contribution is 2.19. The molecular weight excluding hydrogens is 426 g/mol. The zero-order valence-electron chi connectivity index (χ0n) is 19.4. The number of carbonyl (C=O) groups is 2. The Labute approximate surface area is 201 Å². The van der Waals surface area contributed by atoms with E-state index in [0.29, 0.717) is 45.5 Å². The summed E-state index contributed by atoms with van der Waals surface area (Å²) in [5.74, 6) is 0.977. The number of amides is 2. The Kier molecular flexibility index (Phi) is 8.27. The lowest BCUT2D eigenvalue weighted by Crippen LogP contribution is -2.43. The van der Waals surface area contributed by atoms with E-state index in [0.717, 1.165) is 23.3 Å². The van der Waals surface area contributed by atoms with Crippen LogP contribution in [0.5, 0.6) is 5.75 Å². The summed E-state index contributed by atoms with van der Waals surface area (Å²) < 4.78 is 5.78. The number of nitrogens with zero attached hydrogens (tertiary/aromatic N) is 2. The van der Waals surface area contributed by atoms with Crippen LogP contribution in [0.1, 0.15) is 36.0 Å². The molecule has 1 aliphatic rings. The van der Waals surface area contributed by atoms with Gasteiger partial charge in [-0.05, 0) is 48.6 Å². The number of carbonyl (C=O) groups excluding carboxylic acids is 2. The summed E-state index contributed by atoms with van der Waals surface area (Å²) in [5, 5.41) is 3.05. The van der Waals surface area contributed by atoms with Crippen molar-refractivity contribution in [2.75, 3.05) is 13.1 Å². The maximum absolute atomic E-state index is 12.6. The average Bonchev–Trinajstić information content (AvgIpc) is 2.91. The molecule has 0 aliphatic carbocycles. The van der Waals surface area contributed by atoms with Crippen molar-refractivity contribution in [3.05, 3.63) is 95.8 Å². The lowest BCUT2D eigenvalue weighted by molar-refractivity contribution is -0.135. The maximum Gasteiger partial charge on any atom is 0.223 e.